The number of imidazole rings is 1. The Labute approximate surface area is 89.9 Å². The molecular weight excluding hydrogens is 192 g/mol. The van der Waals surface area contributed by atoms with Gasteiger partial charge in [-0.3, -0.25) is 4.79 Å². The van der Waals surface area contributed by atoms with E-state index in [9.17, 15) is 9.90 Å². The molecule has 1 heterocycles. The molecule has 1 rings (SSSR count). The third-order valence-corrected chi connectivity index (χ3v) is 2.75. The first-order valence-corrected chi connectivity index (χ1v) is 5.27. The number of hydrogen-bond acceptors (Lipinski definition) is 3. The van der Waals surface area contributed by atoms with Crippen LogP contribution < -0.4 is 0 Å². The monoisotopic (exact) mass is 210 g/mol. The molecule has 1 aromatic rings. The van der Waals surface area contributed by atoms with Crippen LogP contribution in [0.15, 0.2) is 12.4 Å². The average Bonchev–Trinajstić information content (AvgIpc) is 2.65. The van der Waals surface area contributed by atoms with Crippen molar-refractivity contribution in [1.29, 1.82) is 0 Å². The third-order valence-electron chi connectivity index (χ3n) is 2.75. The first kappa shape index (κ1) is 11.9. The van der Waals surface area contributed by atoms with Crippen LogP contribution in [0.5, 0.6) is 0 Å². The van der Waals surface area contributed by atoms with E-state index in [4.69, 9.17) is 0 Å². The van der Waals surface area contributed by atoms with Crippen molar-refractivity contribution in [1.82, 2.24) is 9.55 Å². The van der Waals surface area contributed by atoms with Gasteiger partial charge in [0.2, 0.25) is 0 Å². The molecule has 0 spiro atoms. The number of carbonyl (C=O) groups excluding carboxylic acids is 1. The molecule has 1 aromatic heterocycles. The fourth-order valence-electron chi connectivity index (χ4n) is 1.33. The summed E-state index contributed by atoms with van der Waals surface area (Å²) >= 11 is 0. The summed E-state index contributed by atoms with van der Waals surface area (Å²) in [6, 6.07) is 0. The highest BCUT2D eigenvalue weighted by Gasteiger charge is 2.28. The van der Waals surface area contributed by atoms with Crippen molar-refractivity contribution in [2.75, 3.05) is 0 Å². The summed E-state index contributed by atoms with van der Waals surface area (Å²) in [7, 11) is 0. The van der Waals surface area contributed by atoms with Gasteiger partial charge in [0.25, 0.3) is 0 Å². The third kappa shape index (κ3) is 2.65. The highest BCUT2D eigenvalue weighted by molar-refractivity contribution is 5.87. The normalized spacial score (nSPS) is 14.9. The largest absolute Gasteiger partial charge is 0.382 e. The van der Waals surface area contributed by atoms with E-state index in [1.165, 1.54) is 0 Å². The van der Waals surface area contributed by atoms with Gasteiger partial charge < -0.3 is 9.67 Å². The number of hydrogen-bond donors (Lipinski definition) is 1. The van der Waals surface area contributed by atoms with Gasteiger partial charge in [-0.05, 0) is 20.3 Å². The highest BCUT2D eigenvalue weighted by Crippen LogP contribution is 2.13. The number of Topliss-reactive ketones (excluding diaryl/α,β-unsaturated/α-hetero) is 1. The molecular formula is C11H18N2O2. The smallest absolute Gasteiger partial charge is 0.171 e. The zero-order valence-electron chi connectivity index (χ0n) is 9.53. The standard InChI is InChI=1S/C11H18N2O2/c1-4-11(3,15)9(14)8-10-12-6-7-13(10)5-2/h6-7,15H,4-5,8H2,1-3H3. The number of nitrogens with zero attached hydrogens (tertiary/aromatic N) is 2. The summed E-state index contributed by atoms with van der Waals surface area (Å²) in [6.45, 7) is 6.13. The molecule has 84 valence electrons. The Morgan fingerprint density at radius 2 is 2.27 bits per heavy atom. The van der Waals surface area contributed by atoms with E-state index in [1.807, 2.05) is 17.7 Å². The molecule has 1 atom stereocenters. The molecule has 0 fully saturated rings. The maximum absolute atomic E-state index is 11.7. The summed E-state index contributed by atoms with van der Waals surface area (Å²) in [4.78, 5) is 15.8. The van der Waals surface area contributed by atoms with Crippen LogP contribution >= 0.6 is 0 Å². The fourth-order valence-corrected chi connectivity index (χ4v) is 1.33. The van der Waals surface area contributed by atoms with Gasteiger partial charge >= 0.3 is 0 Å². The first-order valence-electron chi connectivity index (χ1n) is 5.27. The van der Waals surface area contributed by atoms with Crippen molar-refractivity contribution >= 4 is 5.78 Å². The highest BCUT2D eigenvalue weighted by atomic mass is 16.3. The Morgan fingerprint density at radius 3 is 2.80 bits per heavy atom. The van der Waals surface area contributed by atoms with Gasteiger partial charge in [-0.15, -0.1) is 0 Å². The van der Waals surface area contributed by atoms with E-state index in [2.05, 4.69) is 4.98 Å². The van der Waals surface area contributed by atoms with Gasteiger partial charge in [-0.1, -0.05) is 6.92 Å². The number of ketones is 1. The van der Waals surface area contributed by atoms with E-state index in [0.29, 0.717) is 6.42 Å². The number of aliphatic hydroxyl groups is 1. The van der Waals surface area contributed by atoms with Crippen LogP contribution in [0.1, 0.15) is 33.0 Å². The van der Waals surface area contributed by atoms with Crippen molar-refractivity contribution in [3.63, 3.8) is 0 Å². The second-order valence-electron chi connectivity index (χ2n) is 3.86. The molecule has 0 amide bonds. The molecule has 0 aromatic carbocycles. The molecule has 0 aliphatic carbocycles. The van der Waals surface area contributed by atoms with Crippen molar-refractivity contribution < 1.29 is 9.90 Å². The van der Waals surface area contributed by atoms with E-state index in [1.54, 1.807) is 20.0 Å². The van der Waals surface area contributed by atoms with E-state index in [0.717, 1.165) is 12.4 Å². The fraction of sp³-hybridized carbons (Fsp3) is 0.636. The summed E-state index contributed by atoms with van der Waals surface area (Å²) in [5, 5.41) is 9.77. The van der Waals surface area contributed by atoms with Crippen LogP contribution in [-0.2, 0) is 17.8 Å². The molecule has 0 aliphatic heterocycles. The van der Waals surface area contributed by atoms with Crippen LogP contribution in [0.4, 0.5) is 0 Å². The second-order valence-corrected chi connectivity index (χ2v) is 3.86. The molecule has 4 nitrogen and oxygen atoms in total. The first-order chi connectivity index (χ1) is 7.01. The molecule has 4 heteroatoms. The average molecular weight is 210 g/mol. The van der Waals surface area contributed by atoms with E-state index in [-0.39, 0.29) is 12.2 Å². The van der Waals surface area contributed by atoms with Gasteiger partial charge in [0.15, 0.2) is 5.78 Å². The van der Waals surface area contributed by atoms with Gasteiger partial charge in [-0.2, -0.15) is 0 Å². The Balaban J connectivity index is 2.74. The Morgan fingerprint density at radius 1 is 1.60 bits per heavy atom. The van der Waals surface area contributed by atoms with Gasteiger partial charge in [-0.25, -0.2) is 4.98 Å². The Kier molecular flexibility index (Phi) is 3.63. The van der Waals surface area contributed by atoms with Gasteiger partial charge in [0.1, 0.15) is 11.4 Å². The van der Waals surface area contributed by atoms with Crippen LogP contribution in [0, 0.1) is 0 Å². The SMILES string of the molecule is CCn1ccnc1CC(=O)C(C)(O)CC. The second kappa shape index (κ2) is 4.57. The maximum atomic E-state index is 11.7. The summed E-state index contributed by atoms with van der Waals surface area (Å²) in [5.41, 5.74) is -1.23. The zero-order valence-corrected chi connectivity index (χ0v) is 9.53. The predicted octanol–water partition coefficient (Wildman–Crippen LogP) is 1.18. The quantitative estimate of drug-likeness (QED) is 0.793. The Hall–Kier alpha value is -1.16. The molecule has 0 saturated heterocycles. The molecule has 0 aliphatic rings. The van der Waals surface area contributed by atoms with E-state index >= 15 is 0 Å². The van der Waals surface area contributed by atoms with Crippen LogP contribution in [0.25, 0.3) is 0 Å². The molecule has 1 unspecified atom stereocenters. The van der Waals surface area contributed by atoms with Crippen molar-refractivity contribution in [3.05, 3.63) is 18.2 Å². The minimum atomic E-state index is -1.23. The maximum Gasteiger partial charge on any atom is 0.171 e. The van der Waals surface area contributed by atoms with Gasteiger partial charge in [0, 0.05) is 18.9 Å². The minimum Gasteiger partial charge on any atom is -0.382 e. The molecule has 1 N–H and O–H groups in total. The lowest BCUT2D eigenvalue weighted by Gasteiger charge is -2.19. The summed E-state index contributed by atoms with van der Waals surface area (Å²) in [6.07, 6.45) is 4.14. The van der Waals surface area contributed by atoms with Crippen molar-refractivity contribution in [2.24, 2.45) is 0 Å². The lowest BCUT2D eigenvalue weighted by molar-refractivity contribution is -0.135. The number of aryl methyl sites for hydroxylation is 1. The zero-order chi connectivity index (χ0) is 11.5. The van der Waals surface area contributed by atoms with Crippen LogP contribution in [0.3, 0.4) is 0 Å². The van der Waals surface area contributed by atoms with E-state index < -0.39 is 5.60 Å². The minimum absolute atomic E-state index is 0.175. The van der Waals surface area contributed by atoms with Crippen LogP contribution in [0.2, 0.25) is 0 Å². The topological polar surface area (TPSA) is 55.1 Å². The summed E-state index contributed by atoms with van der Waals surface area (Å²) in [5.74, 6) is 0.544. The Bertz CT molecular complexity index is 342. The predicted molar refractivity (Wildman–Crippen MR) is 57.5 cm³/mol. The van der Waals surface area contributed by atoms with Crippen molar-refractivity contribution in [3.8, 4) is 0 Å². The lowest BCUT2D eigenvalue weighted by Crippen LogP contribution is -2.36. The lowest BCUT2D eigenvalue weighted by atomic mass is 9.95. The molecule has 15 heavy (non-hydrogen) atoms. The molecule has 0 bridgehead atoms. The summed E-state index contributed by atoms with van der Waals surface area (Å²) < 4.78 is 1.91. The number of aromatic nitrogens is 2. The van der Waals surface area contributed by atoms with Gasteiger partial charge in [0.05, 0.1) is 6.42 Å². The van der Waals surface area contributed by atoms with Crippen molar-refractivity contribution in [2.45, 2.75) is 45.8 Å². The molecule has 0 radical (unpaired) electrons. The molecule has 0 saturated carbocycles. The number of rotatable bonds is 5. The number of carbonyl (C=O) groups is 1. The van der Waals surface area contributed by atoms with Crippen LogP contribution in [-0.4, -0.2) is 26.0 Å².